The van der Waals surface area contributed by atoms with Crippen LogP contribution in [-0.4, -0.2) is 11.8 Å². The zero-order valence-electron chi connectivity index (χ0n) is 7.06. The van der Waals surface area contributed by atoms with Gasteiger partial charge in [-0.3, -0.25) is 4.79 Å². The van der Waals surface area contributed by atoms with Gasteiger partial charge in [0.1, 0.15) is 0 Å². The summed E-state index contributed by atoms with van der Waals surface area (Å²) in [6.07, 6.45) is 1.76. The Morgan fingerprint density at radius 3 is 2.20 bits per heavy atom. The first kappa shape index (κ1) is 9.21. The summed E-state index contributed by atoms with van der Waals surface area (Å²) in [4.78, 5) is 10.6. The molecule has 10 heavy (non-hydrogen) atoms. The number of Topliss-reactive ketones (excluding diaryl/α,β-unsaturated/α-hetero) is 1. The Bertz CT molecular complexity index is 147. The number of carbonyl (C=O) groups is 1. The Kier molecular flexibility index (Phi) is 3.77. The molecule has 2 heteroatoms. The van der Waals surface area contributed by atoms with Crippen LogP contribution in [0.15, 0.2) is 11.8 Å². The maximum atomic E-state index is 10.6. The summed E-state index contributed by atoms with van der Waals surface area (Å²) < 4.78 is 0. The van der Waals surface area contributed by atoms with Crippen LogP contribution in [0.3, 0.4) is 0 Å². The Balaban J connectivity index is 3.81. The molecule has 0 fully saturated rings. The minimum atomic E-state index is 0.119. The number of nitrogens with one attached hydrogen (secondary N) is 1. The predicted octanol–water partition coefficient (Wildman–Crippen LogP) is 1.48. The van der Waals surface area contributed by atoms with Crippen LogP contribution in [-0.2, 0) is 4.79 Å². The topological polar surface area (TPSA) is 29.1 Å². The molecule has 0 aromatic rings. The molecular formula is C8H15NO. The molecule has 0 aliphatic heterocycles. The molecule has 2 nitrogen and oxygen atoms in total. The van der Waals surface area contributed by atoms with Gasteiger partial charge in [0.25, 0.3) is 0 Å². The van der Waals surface area contributed by atoms with Gasteiger partial charge in [-0.15, -0.1) is 0 Å². The maximum Gasteiger partial charge on any atom is 0.156 e. The zero-order valence-corrected chi connectivity index (χ0v) is 7.06. The van der Waals surface area contributed by atoms with Crippen molar-refractivity contribution in [1.29, 1.82) is 0 Å². The number of hydrogen-bond acceptors (Lipinski definition) is 2. The Morgan fingerprint density at radius 1 is 1.40 bits per heavy atom. The van der Waals surface area contributed by atoms with E-state index in [0.29, 0.717) is 6.04 Å². The van der Waals surface area contributed by atoms with Crippen molar-refractivity contribution >= 4 is 5.78 Å². The van der Waals surface area contributed by atoms with Crippen LogP contribution < -0.4 is 5.32 Å². The van der Waals surface area contributed by atoms with Gasteiger partial charge in [0.15, 0.2) is 5.78 Å². The lowest BCUT2D eigenvalue weighted by molar-refractivity contribution is -0.113. The largest absolute Gasteiger partial charge is 0.388 e. The Hall–Kier alpha value is -0.790. The van der Waals surface area contributed by atoms with Gasteiger partial charge in [0.2, 0.25) is 0 Å². The van der Waals surface area contributed by atoms with E-state index < -0.39 is 0 Å². The van der Waals surface area contributed by atoms with E-state index in [1.54, 1.807) is 20.0 Å². The molecule has 0 spiro atoms. The third kappa shape index (κ3) is 4.13. The van der Waals surface area contributed by atoms with Crippen LogP contribution in [0.1, 0.15) is 27.7 Å². The first-order chi connectivity index (χ1) is 4.54. The molecular weight excluding hydrogens is 126 g/mol. The molecule has 0 bridgehead atoms. The second-order valence-corrected chi connectivity index (χ2v) is 2.70. The third-order valence-corrected chi connectivity index (χ3v) is 1.19. The highest BCUT2D eigenvalue weighted by Gasteiger charge is 1.94. The minimum Gasteiger partial charge on any atom is -0.388 e. The second kappa shape index (κ2) is 4.09. The molecule has 0 aromatic heterocycles. The number of allylic oxidation sites excluding steroid dienone is 1. The zero-order chi connectivity index (χ0) is 8.15. The standard InChI is InChI=1S/C8H15NO/c1-6(2)9-5-7(3)8(4)10/h5-6,9H,1-4H3. The van der Waals surface area contributed by atoms with Crippen LogP contribution in [0.5, 0.6) is 0 Å². The molecule has 1 N–H and O–H groups in total. The highest BCUT2D eigenvalue weighted by atomic mass is 16.1. The number of rotatable bonds is 3. The lowest BCUT2D eigenvalue weighted by Crippen LogP contribution is -2.16. The van der Waals surface area contributed by atoms with Crippen molar-refractivity contribution in [2.75, 3.05) is 0 Å². The lowest BCUT2D eigenvalue weighted by atomic mass is 10.2. The summed E-state index contributed by atoms with van der Waals surface area (Å²) in [5.74, 6) is 0.119. The Morgan fingerprint density at radius 2 is 1.90 bits per heavy atom. The lowest BCUT2D eigenvalue weighted by Gasteiger charge is -2.03. The van der Waals surface area contributed by atoms with E-state index in [2.05, 4.69) is 5.32 Å². The van der Waals surface area contributed by atoms with Crippen molar-refractivity contribution in [1.82, 2.24) is 5.32 Å². The first-order valence-corrected chi connectivity index (χ1v) is 3.47. The average Bonchev–Trinajstić information content (AvgIpc) is 1.82. The van der Waals surface area contributed by atoms with Crippen molar-refractivity contribution in [3.05, 3.63) is 11.8 Å². The van der Waals surface area contributed by atoms with E-state index in [1.165, 1.54) is 0 Å². The van der Waals surface area contributed by atoms with Gasteiger partial charge in [-0.2, -0.15) is 0 Å². The van der Waals surface area contributed by atoms with E-state index in [1.807, 2.05) is 13.8 Å². The van der Waals surface area contributed by atoms with Gasteiger partial charge in [0.05, 0.1) is 0 Å². The smallest absolute Gasteiger partial charge is 0.156 e. The first-order valence-electron chi connectivity index (χ1n) is 3.47. The van der Waals surface area contributed by atoms with Crippen LogP contribution in [0.4, 0.5) is 0 Å². The van der Waals surface area contributed by atoms with Crippen LogP contribution in [0, 0.1) is 0 Å². The molecule has 0 atom stereocenters. The van der Waals surface area contributed by atoms with Crippen LogP contribution >= 0.6 is 0 Å². The number of hydrogen-bond donors (Lipinski definition) is 1. The molecule has 0 saturated heterocycles. The molecule has 0 amide bonds. The average molecular weight is 141 g/mol. The Labute approximate surface area is 62.3 Å². The molecule has 0 aliphatic carbocycles. The van der Waals surface area contributed by atoms with Gasteiger partial charge in [-0.05, 0) is 27.7 Å². The summed E-state index contributed by atoms with van der Waals surface area (Å²) in [6.45, 7) is 7.43. The van der Waals surface area contributed by atoms with E-state index in [4.69, 9.17) is 0 Å². The summed E-state index contributed by atoms with van der Waals surface area (Å²) in [5.41, 5.74) is 0.772. The van der Waals surface area contributed by atoms with Gasteiger partial charge in [-0.1, -0.05) is 0 Å². The van der Waals surface area contributed by atoms with E-state index in [9.17, 15) is 4.79 Å². The number of ketones is 1. The second-order valence-electron chi connectivity index (χ2n) is 2.70. The normalized spacial score (nSPS) is 11.9. The van der Waals surface area contributed by atoms with Gasteiger partial charge >= 0.3 is 0 Å². The SMILES string of the molecule is CC(=O)C(C)=CNC(C)C. The molecule has 0 radical (unpaired) electrons. The summed E-state index contributed by atoms with van der Waals surface area (Å²) in [5, 5.41) is 3.04. The highest BCUT2D eigenvalue weighted by Crippen LogP contribution is 1.91. The molecule has 0 unspecified atom stereocenters. The fourth-order valence-electron chi connectivity index (χ4n) is 0.393. The van der Waals surface area contributed by atoms with E-state index in [0.717, 1.165) is 5.57 Å². The van der Waals surface area contributed by atoms with E-state index >= 15 is 0 Å². The van der Waals surface area contributed by atoms with E-state index in [-0.39, 0.29) is 5.78 Å². The predicted molar refractivity (Wildman–Crippen MR) is 42.7 cm³/mol. The van der Waals surface area contributed by atoms with Crippen molar-refractivity contribution in [2.45, 2.75) is 33.7 Å². The maximum absolute atomic E-state index is 10.6. The molecule has 0 saturated carbocycles. The van der Waals surface area contributed by atoms with Crippen LogP contribution in [0.2, 0.25) is 0 Å². The number of carbonyl (C=O) groups excluding carboxylic acids is 1. The molecule has 0 heterocycles. The molecule has 58 valence electrons. The summed E-state index contributed by atoms with van der Waals surface area (Å²) in [7, 11) is 0. The van der Waals surface area contributed by atoms with Crippen molar-refractivity contribution in [2.24, 2.45) is 0 Å². The van der Waals surface area contributed by atoms with Crippen molar-refractivity contribution < 1.29 is 4.79 Å². The highest BCUT2D eigenvalue weighted by molar-refractivity contribution is 5.92. The summed E-state index contributed by atoms with van der Waals surface area (Å²) >= 11 is 0. The van der Waals surface area contributed by atoms with Gasteiger partial charge in [-0.25, -0.2) is 0 Å². The monoisotopic (exact) mass is 141 g/mol. The van der Waals surface area contributed by atoms with Crippen LogP contribution in [0.25, 0.3) is 0 Å². The fraction of sp³-hybridized carbons (Fsp3) is 0.625. The van der Waals surface area contributed by atoms with Gasteiger partial charge < -0.3 is 5.32 Å². The van der Waals surface area contributed by atoms with Crippen molar-refractivity contribution in [3.63, 3.8) is 0 Å². The van der Waals surface area contributed by atoms with Gasteiger partial charge in [0, 0.05) is 17.8 Å². The molecule has 0 rings (SSSR count). The molecule has 0 aliphatic rings. The quantitative estimate of drug-likeness (QED) is 0.603. The minimum absolute atomic E-state index is 0.119. The van der Waals surface area contributed by atoms with Crippen molar-refractivity contribution in [3.8, 4) is 0 Å². The fourth-order valence-corrected chi connectivity index (χ4v) is 0.393. The molecule has 0 aromatic carbocycles. The third-order valence-electron chi connectivity index (χ3n) is 1.19. The summed E-state index contributed by atoms with van der Waals surface area (Å²) in [6, 6.07) is 0.397.